The summed E-state index contributed by atoms with van der Waals surface area (Å²) in [6.45, 7) is 8.50. The van der Waals surface area contributed by atoms with Crippen molar-refractivity contribution in [3.63, 3.8) is 0 Å². The highest BCUT2D eigenvalue weighted by molar-refractivity contribution is 7.89. The molecule has 0 aromatic rings. The van der Waals surface area contributed by atoms with Gasteiger partial charge >= 0.3 is 0 Å². The minimum absolute atomic E-state index is 0.0965. The van der Waals surface area contributed by atoms with Crippen LogP contribution in [0.1, 0.15) is 13.3 Å². The first kappa shape index (κ1) is 16.2. The first-order chi connectivity index (χ1) is 9.46. The zero-order valence-electron chi connectivity index (χ0n) is 12.6. The summed E-state index contributed by atoms with van der Waals surface area (Å²) in [5.74, 6) is 0.592. The van der Waals surface area contributed by atoms with Gasteiger partial charge in [0.1, 0.15) is 0 Å². The lowest BCUT2D eigenvalue weighted by molar-refractivity contribution is 0.188. The first-order valence-electron chi connectivity index (χ1n) is 7.58. The van der Waals surface area contributed by atoms with Crippen LogP contribution in [0.2, 0.25) is 0 Å². The van der Waals surface area contributed by atoms with Crippen LogP contribution in [0.4, 0.5) is 0 Å². The van der Waals surface area contributed by atoms with E-state index in [0.29, 0.717) is 12.5 Å². The van der Waals surface area contributed by atoms with E-state index in [1.54, 1.807) is 0 Å². The Bertz CT molecular complexity index is 395. The number of sulfonamides is 1. The predicted octanol–water partition coefficient (Wildman–Crippen LogP) is -0.849. The molecular weight excluding hydrogens is 276 g/mol. The number of hydrogen-bond donors (Lipinski definition) is 2. The van der Waals surface area contributed by atoms with Crippen molar-refractivity contribution in [3.05, 3.63) is 0 Å². The standard InChI is InChI=1S/C13H28N4O2S/c1-12-11-16(2)6-3-13(12)15-20(18,19)10-9-17-7-4-14-5-8-17/h12-15H,3-11H2,1-2H3. The van der Waals surface area contributed by atoms with Crippen molar-refractivity contribution in [1.29, 1.82) is 0 Å². The van der Waals surface area contributed by atoms with E-state index >= 15 is 0 Å². The SMILES string of the molecule is CC1CN(C)CCC1NS(=O)(=O)CCN1CCNCC1. The van der Waals surface area contributed by atoms with Crippen molar-refractivity contribution in [2.45, 2.75) is 19.4 Å². The van der Waals surface area contributed by atoms with Crippen LogP contribution in [0.5, 0.6) is 0 Å². The van der Waals surface area contributed by atoms with Crippen molar-refractivity contribution in [1.82, 2.24) is 19.8 Å². The summed E-state index contributed by atoms with van der Waals surface area (Å²) >= 11 is 0. The Morgan fingerprint density at radius 2 is 1.95 bits per heavy atom. The second-order valence-electron chi connectivity index (χ2n) is 6.16. The van der Waals surface area contributed by atoms with Gasteiger partial charge < -0.3 is 10.2 Å². The Hall–Kier alpha value is -0.210. The normalized spacial score (nSPS) is 30.5. The molecule has 0 aliphatic carbocycles. The molecule has 2 unspecified atom stereocenters. The van der Waals surface area contributed by atoms with E-state index in [2.05, 4.69) is 33.8 Å². The maximum Gasteiger partial charge on any atom is 0.213 e. The number of piperazine rings is 1. The average Bonchev–Trinajstić information content (AvgIpc) is 2.41. The molecule has 0 saturated carbocycles. The lowest BCUT2D eigenvalue weighted by Crippen LogP contribution is -2.51. The summed E-state index contributed by atoms with van der Waals surface area (Å²) < 4.78 is 27.3. The van der Waals surface area contributed by atoms with Gasteiger partial charge in [-0.15, -0.1) is 0 Å². The van der Waals surface area contributed by atoms with Crippen molar-refractivity contribution in [2.24, 2.45) is 5.92 Å². The van der Waals surface area contributed by atoms with Crippen LogP contribution in [0.3, 0.4) is 0 Å². The summed E-state index contributed by atoms with van der Waals surface area (Å²) in [6, 6.07) is 0.0965. The third-order valence-corrected chi connectivity index (χ3v) is 5.71. The zero-order chi connectivity index (χ0) is 14.6. The third kappa shape index (κ3) is 4.96. The van der Waals surface area contributed by atoms with Crippen LogP contribution in [-0.2, 0) is 10.0 Å². The summed E-state index contributed by atoms with van der Waals surface area (Å²) in [5, 5.41) is 3.28. The molecule has 2 fully saturated rings. The number of likely N-dealkylation sites (tertiary alicyclic amines) is 1. The summed E-state index contributed by atoms with van der Waals surface area (Å²) in [5.41, 5.74) is 0. The molecule has 6 nitrogen and oxygen atoms in total. The Balaban J connectivity index is 1.78. The van der Waals surface area contributed by atoms with Crippen LogP contribution in [0.25, 0.3) is 0 Å². The maximum atomic E-state index is 12.2. The van der Waals surface area contributed by atoms with Gasteiger partial charge in [-0.3, -0.25) is 4.90 Å². The third-order valence-electron chi connectivity index (χ3n) is 4.33. The van der Waals surface area contributed by atoms with Gasteiger partial charge in [0, 0.05) is 45.3 Å². The highest BCUT2D eigenvalue weighted by Crippen LogP contribution is 2.16. The van der Waals surface area contributed by atoms with E-state index in [0.717, 1.165) is 45.7 Å². The van der Waals surface area contributed by atoms with Crippen molar-refractivity contribution < 1.29 is 8.42 Å². The number of nitrogens with one attached hydrogen (secondary N) is 2. The first-order valence-corrected chi connectivity index (χ1v) is 9.23. The topological polar surface area (TPSA) is 64.7 Å². The maximum absolute atomic E-state index is 12.2. The van der Waals surface area contributed by atoms with Gasteiger partial charge in [0.15, 0.2) is 0 Å². The fraction of sp³-hybridized carbons (Fsp3) is 1.00. The Kier molecular flexibility index (Phi) is 5.80. The largest absolute Gasteiger partial charge is 0.314 e. The highest BCUT2D eigenvalue weighted by Gasteiger charge is 2.28. The molecule has 2 aliphatic rings. The van der Waals surface area contributed by atoms with Gasteiger partial charge in [-0.25, -0.2) is 13.1 Å². The highest BCUT2D eigenvalue weighted by atomic mass is 32.2. The molecule has 0 amide bonds. The van der Waals surface area contributed by atoms with Gasteiger partial charge in [-0.2, -0.15) is 0 Å². The Labute approximate surface area is 122 Å². The molecule has 0 aromatic heterocycles. The lowest BCUT2D eigenvalue weighted by Gasteiger charge is -2.35. The van der Waals surface area contributed by atoms with E-state index in [-0.39, 0.29) is 11.8 Å². The molecule has 2 atom stereocenters. The second-order valence-corrected chi connectivity index (χ2v) is 8.04. The van der Waals surface area contributed by atoms with Crippen LogP contribution < -0.4 is 10.0 Å². The van der Waals surface area contributed by atoms with Gasteiger partial charge in [-0.05, 0) is 25.9 Å². The van der Waals surface area contributed by atoms with Gasteiger partial charge in [0.2, 0.25) is 10.0 Å². The van der Waals surface area contributed by atoms with E-state index < -0.39 is 10.0 Å². The molecule has 2 heterocycles. The number of piperidine rings is 1. The molecule has 2 aliphatic heterocycles. The quantitative estimate of drug-likeness (QED) is 0.693. The number of hydrogen-bond acceptors (Lipinski definition) is 5. The molecule has 2 rings (SSSR count). The molecule has 7 heteroatoms. The van der Waals surface area contributed by atoms with Crippen molar-refractivity contribution >= 4 is 10.0 Å². The van der Waals surface area contributed by atoms with Crippen LogP contribution >= 0.6 is 0 Å². The summed E-state index contributed by atoms with van der Waals surface area (Å²) in [4.78, 5) is 4.48. The van der Waals surface area contributed by atoms with Crippen LogP contribution in [-0.4, -0.2) is 82.9 Å². The Morgan fingerprint density at radius 3 is 2.60 bits per heavy atom. The van der Waals surface area contributed by atoms with Gasteiger partial charge in [0.05, 0.1) is 5.75 Å². The molecule has 0 aromatic carbocycles. The molecule has 20 heavy (non-hydrogen) atoms. The molecule has 0 bridgehead atoms. The number of rotatable bonds is 5. The minimum atomic E-state index is -3.16. The number of nitrogens with zero attached hydrogens (tertiary/aromatic N) is 2. The zero-order valence-corrected chi connectivity index (χ0v) is 13.5. The van der Waals surface area contributed by atoms with Crippen molar-refractivity contribution in [2.75, 3.05) is 58.6 Å². The van der Waals surface area contributed by atoms with Crippen LogP contribution in [0.15, 0.2) is 0 Å². The predicted molar refractivity (Wildman–Crippen MR) is 81.3 cm³/mol. The molecular formula is C13H28N4O2S. The summed E-state index contributed by atoms with van der Waals surface area (Å²) in [7, 11) is -1.07. The van der Waals surface area contributed by atoms with E-state index in [4.69, 9.17) is 0 Å². The molecule has 2 N–H and O–H groups in total. The van der Waals surface area contributed by atoms with Crippen LogP contribution in [0, 0.1) is 5.92 Å². The van der Waals surface area contributed by atoms with E-state index in [9.17, 15) is 8.42 Å². The smallest absolute Gasteiger partial charge is 0.213 e. The van der Waals surface area contributed by atoms with E-state index in [1.807, 2.05) is 0 Å². The molecule has 0 spiro atoms. The van der Waals surface area contributed by atoms with Crippen molar-refractivity contribution in [3.8, 4) is 0 Å². The minimum Gasteiger partial charge on any atom is -0.314 e. The van der Waals surface area contributed by atoms with Gasteiger partial charge in [-0.1, -0.05) is 6.92 Å². The lowest BCUT2D eigenvalue weighted by atomic mass is 9.95. The molecule has 118 valence electrons. The van der Waals surface area contributed by atoms with E-state index in [1.165, 1.54) is 0 Å². The Morgan fingerprint density at radius 1 is 1.25 bits per heavy atom. The molecule has 2 saturated heterocycles. The fourth-order valence-electron chi connectivity index (χ4n) is 3.00. The fourth-order valence-corrected chi connectivity index (χ4v) is 4.43. The summed E-state index contributed by atoms with van der Waals surface area (Å²) in [6.07, 6.45) is 0.907. The van der Waals surface area contributed by atoms with Gasteiger partial charge in [0.25, 0.3) is 0 Å². The monoisotopic (exact) mass is 304 g/mol. The average molecular weight is 304 g/mol. The molecule has 0 radical (unpaired) electrons. The second kappa shape index (κ2) is 7.17.